The third-order valence-electron chi connectivity index (χ3n) is 2.06. The fraction of sp³-hybridized carbons (Fsp3) is 0.182. The Morgan fingerprint density at radius 3 is 2.88 bits per heavy atom. The van der Waals surface area contributed by atoms with Gasteiger partial charge >= 0.3 is 5.69 Å². The number of phenols is 1. The maximum atomic E-state index is 10.7. The predicted molar refractivity (Wildman–Crippen MR) is 62.4 cm³/mol. The average Bonchev–Trinajstić information content (AvgIpc) is 2.31. The largest absolute Gasteiger partial charge is 0.502 e. The van der Waals surface area contributed by atoms with E-state index in [-0.39, 0.29) is 11.1 Å². The Hall–Kier alpha value is -2.39. The van der Waals surface area contributed by atoms with E-state index in [9.17, 15) is 15.2 Å². The Labute approximate surface area is 98.0 Å². The van der Waals surface area contributed by atoms with Crippen molar-refractivity contribution in [2.24, 2.45) is 0 Å². The second-order valence-corrected chi connectivity index (χ2v) is 3.26. The van der Waals surface area contributed by atoms with E-state index in [0.717, 1.165) is 6.07 Å². The molecule has 0 heterocycles. The van der Waals surface area contributed by atoms with Crippen LogP contribution in [-0.2, 0) is 0 Å². The van der Waals surface area contributed by atoms with Crippen LogP contribution in [0.25, 0.3) is 6.08 Å². The van der Waals surface area contributed by atoms with E-state index >= 15 is 0 Å². The quantitative estimate of drug-likeness (QED) is 0.605. The van der Waals surface area contributed by atoms with E-state index in [1.807, 2.05) is 6.07 Å². The molecule has 0 radical (unpaired) electrons. The number of hydrogen-bond acceptors (Lipinski definition) is 5. The molecule has 0 bridgehead atoms. The minimum Gasteiger partial charge on any atom is -0.502 e. The van der Waals surface area contributed by atoms with Crippen LogP contribution in [0.1, 0.15) is 11.1 Å². The lowest BCUT2D eigenvalue weighted by atomic mass is 10.1. The highest BCUT2D eigenvalue weighted by atomic mass is 16.6. The molecule has 0 spiro atoms. The van der Waals surface area contributed by atoms with Gasteiger partial charge in [-0.3, -0.25) is 10.1 Å². The first-order valence-corrected chi connectivity index (χ1v) is 4.82. The van der Waals surface area contributed by atoms with Crippen LogP contribution in [0.15, 0.2) is 18.2 Å². The molecule has 88 valence electrons. The molecule has 2 N–H and O–H groups in total. The highest BCUT2D eigenvalue weighted by Crippen LogP contribution is 2.31. The van der Waals surface area contributed by atoms with E-state index in [2.05, 4.69) is 5.32 Å². The molecule has 0 saturated heterocycles. The second-order valence-electron chi connectivity index (χ2n) is 3.26. The van der Waals surface area contributed by atoms with Crippen molar-refractivity contribution in [3.8, 4) is 11.8 Å². The predicted octanol–water partition coefficient (Wildman–Crippen LogP) is 1.40. The summed E-state index contributed by atoms with van der Waals surface area (Å²) in [7, 11) is 1.75. The molecule has 0 amide bonds. The van der Waals surface area contributed by atoms with Gasteiger partial charge in [-0.1, -0.05) is 12.2 Å². The lowest BCUT2D eigenvalue weighted by molar-refractivity contribution is -0.385. The fourth-order valence-electron chi connectivity index (χ4n) is 1.28. The molecule has 0 aliphatic heterocycles. The number of nitrogens with zero attached hydrogens (tertiary/aromatic N) is 2. The third kappa shape index (κ3) is 3.03. The van der Waals surface area contributed by atoms with Crippen LogP contribution in [-0.4, -0.2) is 23.6 Å². The SMILES string of the molecule is CNCC=Cc1cc(C#N)cc([N+](=O)[O-])c1O. The van der Waals surface area contributed by atoms with Crippen molar-refractivity contribution in [2.45, 2.75) is 0 Å². The molecule has 1 aromatic rings. The van der Waals surface area contributed by atoms with Gasteiger partial charge in [-0.05, 0) is 13.1 Å². The number of nitro groups is 1. The van der Waals surface area contributed by atoms with Gasteiger partial charge in [-0.25, -0.2) is 0 Å². The van der Waals surface area contributed by atoms with Gasteiger partial charge in [0.05, 0.1) is 16.6 Å². The molecule has 1 aromatic carbocycles. The van der Waals surface area contributed by atoms with Gasteiger partial charge in [0.25, 0.3) is 0 Å². The van der Waals surface area contributed by atoms with Gasteiger partial charge in [0.15, 0.2) is 0 Å². The molecule has 0 atom stereocenters. The number of nitriles is 1. The number of benzene rings is 1. The Morgan fingerprint density at radius 1 is 1.65 bits per heavy atom. The monoisotopic (exact) mass is 233 g/mol. The van der Waals surface area contributed by atoms with Gasteiger partial charge in [0.2, 0.25) is 5.75 Å². The van der Waals surface area contributed by atoms with Crippen LogP contribution < -0.4 is 5.32 Å². The van der Waals surface area contributed by atoms with Gasteiger partial charge in [0.1, 0.15) is 0 Å². The van der Waals surface area contributed by atoms with Crippen molar-refractivity contribution in [3.63, 3.8) is 0 Å². The van der Waals surface area contributed by atoms with Crippen LogP contribution >= 0.6 is 0 Å². The van der Waals surface area contributed by atoms with Crippen molar-refractivity contribution in [3.05, 3.63) is 39.4 Å². The van der Waals surface area contributed by atoms with E-state index in [0.29, 0.717) is 6.54 Å². The van der Waals surface area contributed by atoms with E-state index in [4.69, 9.17) is 5.26 Å². The molecule has 0 unspecified atom stereocenters. The van der Waals surface area contributed by atoms with Crippen molar-refractivity contribution in [1.82, 2.24) is 5.32 Å². The molecule has 17 heavy (non-hydrogen) atoms. The number of nitrogens with one attached hydrogen (secondary N) is 1. The topological polar surface area (TPSA) is 99.2 Å². The molecule has 0 saturated carbocycles. The van der Waals surface area contributed by atoms with Gasteiger partial charge in [0, 0.05) is 18.2 Å². The van der Waals surface area contributed by atoms with Gasteiger partial charge in [-0.15, -0.1) is 0 Å². The molecular weight excluding hydrogens is 222 g/mol. The second kappa shape index (κ2) is 5.63. The lowest BCUT2D eigenvalue weighted by Gasteiger charge is -2.01. The Bertz CT molecular complexity index is 503. The van der Waals surface area contributed by atoms with Crippen molar-refractivity contribution in [1.29, 1.82) is 5.26 Å². The Kier molecular flexibility index (Phi) is 4.20. The maximum Gasteiger partial charge on any atom is 0.312 e. The summed E-state index contributed by atoms with van der Waals surface area (Å²) in [6, 6.07) is 4.26. The highest BCUT2D eigenvalue weighted by Gasteiger charge is 2.17. The van der Waals surface area contributed by atoms with Crippen LogP contribution in [0.5, 0.6) is 5.75 Å². The molecule has 0 aromatic heterocycles. The third-order valence-corrected chi connectivity index (χ3v) is 2.06. The van der Waals surface area contributed by atoms with Gasteiger partial charge in [-0.2, -0.15) is 5.26 Å². The number of aromatic hydroxyl groups is 1. The van der Waals surface area contributed by atoms with Crippen molar-refractivity contribution in [2.75, 3.05) is 13.6 Å². The number of nitro benzene ring substituents is 1. The minimum absolute atomic E-state index is 0.138. The molecule has 6 nitrogen and oxygen atoms in total. The zero-order valence-corrected chi connectivity index (χ0v) is 9.17. The first kappa shape index (κ1) is 12.7. The molecular formula is C11H11N3O3. The summed E-state index contributed by atoms with van der Waals surface area (Å²) in [5, 5.41) is 31.9. The standard InChI is InChI=1S/C11H11N3O3/c1-13-4-2-3-9-5-8(7-12)6-10(11(9)15)14(16)17/h2-3,5-6,13,15H,4H2,1H3. The molecule has 0 aliphatic carbocycles. The molecule has 0 fully saturated rings. The minimum atomic E-state index is -0.717. The molecule has 0 aliphatic rings. The van der Waals surface area contributed by atoms with E-state index in [1.54, 1.807) is 13.1 Å². The smallest absolute Gasteiger partial charge is 0.312 e. The summed E-state index contributed by atoms with van der Waals surface area (Å²) < 4.78 is 0. The van der Waals surface area contributed by atoms with Crippen LogP contribution in [0.3, 0.4) is 0 Å². The summed E-state index contributed by atoms with van der Waals surface area (Å²) >= 11 is 0. The zero-order valence-electron chi connectivity index (χ0n) is 9.17. The lowest BCUT2D eigenvalue weighted by Crippen LogP contribution is -2.03. The fourth-order valence-corrected chi connectivity index (χ4v) is 1.28. The van der Waals surface area contributed by atoms with E-state index in [1.165, 1.54) is 12.1 Å². The average molecular weight is 233 g/mol. The molecule has 1 rings (SSSR count). The van der Waals surface area contributed by atoms with Crippen LogP contribution in [0.4, 0.5) is 5.69 Å². The number of phenolic OH excluding ortho intramolecular Hbond substituents is 1. The Morgan fingerprint density at radius 2 is 2.35 bits per heavy atom. The van der Waals surface area contributed by atoms with Gasteiger partial charge < -0.3 is 10.4 Å². The van der Waals surface area contributed by atoms with Crippen molar-refractivity contribution >= 4 is 11.8 Å². The van der Waals surface area contributed by atoms with Crippen LogP contribution in [0.2, 0.25) is 0 Å². The first-order chi connectivity index (χ1) is 8.10. The van der Waals surface area contributed by atoms with Crippen molar-refractivity contribution < 1.29 is 10.0 Å². The Balaban J connectivity index is 3.25. The summed E-state index contributed by atoms with van der Waals surface area (Å²) in [5.74, 6) is -0.429. The number of hydrogen-bond donors (Lipinski definition) is 2. The van der Waals surface area contributed by atoms with E-state index < -0.39 is 16.4 Å². The number of rotatable bonds is 4. The zero-order chi connectivity index (χ0) is 12.8. The summed E-state index contributed by atoms with van der Waals surface area (Å²) in [4.78, 5) is 9.96. The highest BCUT2D eigenvalue weighted by molar-refractivity contribution is 5.67. The number of likely N-dealkylation sites (N-methyl/N-ethyl adjacent to an activating group) is 1. The van der Waals surface area contributed by atoms with Crippen LogP contribution in [0, 0.1) is 21.4 Å². The normalized spacial score (nSPS) is 10.4. The summed E-state index contributed by atoms with van der Waals surface area (Å²) in [6.07, 6.45) is 3.22. The first-order valence-electron chi connectivity index (χ1n) is 4.82. The molecule has 6 heteroatoms. The summed E-state index contributed by atoms with van der Waals surface area (Å²) in [6.45, 7) is 0.560. The maximum absolute atomic E-state index is 10.7. The summed E-state index contributed by atoms with van der Waals surface area (Å²) in [5.41, 5.74) is -0.0715.